The van der Waals surface area contributed by atoms with Gasteiger partial charge in [0, 0.05) is 22.8 Å². The number of nitrogens with zero attached hydrogens (tertiary/aromatic N) is 1. The Kier molecular flexibility index (Phi) is 7.25. The molecule has 6 heteroatoms. The van der Waals surface area contributed by atoms with Crippen molar-refractivity contribution in [3.05, 3.63) is 90.0 Å². The third kappa shape index (κ3) is 5.34. The van der Waals surface area contributed by atoms with Crippen LogP contribution in [0.1, 0.15) is 60.3 Å². The molecule has 170 valence electrons. The number of anilines is 1. The Morgan fingerprint density at radius 1 is 1.06 bits per heavy atom. The van der Waals surface area contributed by atoms with Crippen molar-refractivity contribution in [1.82, 2.24) is 4.98 Å². The fourth-order valence-corrected chi connectivity index (χ4v) is 3.78. The highest BCUT2D eigenvalue weighted by atomic mass is 16.5. The Morgan fingerprint density at radius 2 is 1.91 bits per heavy atom. The normalized spacial score (nSPS) is 11.9. The maximum atomic E-state index is 12.3. The first kappa shape index (κ1) is 22.4. The first-order chi connectivity index (χ1) is 16.2. The molecular weight excluding hydrogens is 416 g/mol. The van der Waals surface area contributed by atoms with Crippen LogP contribution >= 0.6 is 0 Å². The first-order valence-electron chi connectivity index (χ1n) is 11.3. The summed E-state index contributed by atoms with van der Waals surface area (Å²) in [5.74, 6) is 0.431. The molecule has 0 aliphatic heterocycles. The largest absolute Gasteiger partial charge is 0.505 e. The summed E-state index contributed by atoms with van der Waals surface area (Å²) in [4.78, 5) is 16.6. The molecule has 0 saturated carbocycles. The number of aromatic nitrogens is 1. The average Bonchev–Trinajstić information content (AvgIpc) is 3.38. The van der Waals surface area contributed by atoms with E-state index in [0.717, 1.165) is 36.8 Å². The van der Waals surface area contributed by atoms with Gasteiger partial charge in [0.25, 0.3) is 0 Å². The van der Waals surface area contributed by atoms with Crippen LogP contribution in [0, 0.1) is 0 Å². The summed E-state index contributed by atoms with van der Waals surface area (Å²) in [6, 6.07) is 17.9. The highest BCUT2D eigenvalue weighted by molar-refractivity contribution is 5.90. The summed E-state index contributed by atoms with van der Waals surface area (Å²) in [6.07, 6.45) is 7.50. The van der Waals surface area contributed by atoms with Gasteiger partial charge in [0.2, 0.25) is 0 Å². The summed E-state index contributed by atoms with van der Waals surface area (Å²) in [7, 11) is 0. The zero-order valence-electron chi connectivity index (χ0n) is 18.7. The number of hydrogen-bond acceptors (Lipinski definition) is 6. The van der Waals surface area contributed by atoms with Gasteiger partial charge < -0.3 is 19.6 Å². The summed E-state index contributed by atoms with van der Waals surface area (Å²) >= 11 is 0. The molecule has 4 rings (SSSR count). The number of benzene rings is 2. The first-order valence-corrected chi connectivity index (χ1v) is 11.3. The predicted molar refractivity (Wildman–Crippen MR) is 128 cm³/mol. The molecule has 6 nitrogen and oxygen atoms in total. The summed E-state index contributed by atoms with van der Waals surface area (Å²) in [5.41, 5.74) is 2.46. The summed E-state index contributed by atoms with van der Waals surface area (Å²) < 4.78 is 11.0. The third-order valence-electron chi connectivity index (χ3n) is 5.58. The molecule has 4 aromatic rings. The lowest BCUT2D eigenvalue weighted by Gasteiger charge is -2.20. The van der Waals surface area contributed by atoms with Crippen LogP contribution in [0.4, 0.5) is 5.69 Å². The van der Waals surface area contributed by atoms with Crippen LogP contribution < -0.4 is 5.32 Å². The van der Waals surface area contributed by atoms with Crippen LogP contribution in [-0.2, 0) is 4.74 Å². The van der Waals surface area contributed by atoms with Gasteiger partial charge in [0.1, 0.15) is 23.1 Å². The summed E-state index contributed by atoms with van der Waals surface area (Å²) in [5, 5.41) is 15.2. The van der Waals surface area contributed by atoms with Gasteiger partial charge in [0.05, 0.1) is 18.4 Å². The van der Waals surface area contributed by atoms with Crippen molar-refractivity contribution in [2.45, 2.75) is 38.6 Å². The second-order valence-electron chi connectivity index (χ2n) is 7.95. The minimum absolute atomic E-state index is 0.102. The van der Waals surface area contributed by atoms with E-state index in [1.807, 2.05) is 42.5 Å². The number of furan rings is 1. The molecule has 0 fully saturated rings. The lowest BCUT2D eigenvalue weighted by molar-refractivity contribution is 0.0498. The number of phenols is 1. The Hall–Kier alpha value is -3.80. The quantitative estimate of drug-likeness (QED) is 0.215. The third-order valence-corrected chi connectivity index (χ3v) is 5.58. The van der Waals surface area contributed by atoms with Gasteiger partial charge >= 0.3 is 5.97 Å². The lowest BCUT2D eigenvalue weighted by Crippen LogP contribution is -2.12. The van der Waals surface area contributed by atoms with Crippen LogP contribution in [0.5, 0.6) is 5.75 Å². The van der Waals surface area contributed by atoms with Gasteiger partial charge in [-0.25, -0.2) is 4.79 Å². The lowest BCUT2D eigenvalue weighted by atomic mass is 10.0. The Bertz CT molecular complexity index is 1190. The minimum atomic E-state index is -0.442. The molecule has 0 aliphatic carbocycles. The number of fused-ring (bicyclic) bond motifs is 1. The molecule has 2 aromatic carbocycles. The van der Waals surface area contributed by atoms with E-state index in [2.05, 4.69) is 17.2 Å². The molecule has 0 spiro atoms. The Balaban J connectivity index is 1.51. The van der Waals surface area contributed by atoms with Gasteiger partial charge in [-0.15, -0.1) is 0 Å². The van der Waals surface area contributed by atoms with Crippen molar-refractivity contribution in [3.63, 3.8) is 0 Å². The molecule has 2 heterocycles. The number of unbranched alkanes of at least 4 members (excludes halogenated alkanes) is 3. The van der Waals surface area contributed by atoms with Crippen LogP contribution in [-0.4, -0.2) is 22.7 Å². The molecule has 1 unspecified atom stereocenters. The van der Waals surface area contributed by atoms with Crippen molar-refractivity contribution in [2.75, 3.05) is 11.9 Å². The number of esters is 1. The summed E-state index contributed by atoms with van der Waals surface area (Å²) in [6.45, 7) is 2.59. The Labute approximate surface area is 193 Å². The van der Waals surface area contributed by atoms with Crippen LogP contribution in [0.25, 0.3) is 10.9 Å². The van der Waals surface area contributed by atoms with Crippen molar-refractivity contribution in [3.8, 4) is 5.75 Å². The second kappa shape index (κ2) is 10.7. The highest BCUT2D eigenvalue weighted by Gasteiger charge is 2.22. The average molecular weight is 445 g/mol. The maximum Gasteiger partial charge on any atom is 0.338 e. The van der Waals surface area contributed by atoms with Gasteiger partial charge in [-0.1, -0.05) is 44.4 Å². The molecule has 2 N–H and O–H groups in total. The van der Waals surface area contributed by atoms with Crippen LogP contribution in [0.2, 0.25) is 0 Å². The molecule has 2 aromatic heterocycles. The van der Waals surface area contributed by atoms with Gasteiger partial charge in [-0.3, -0.25) is 4.98 Å². The van der Waals surface area contributed by atoms with Crippen LogP contribution in [0.15, 0.2) is 77.5 Å². The standard InChI is InChI=1S/C27H28N2O4/c1-2-3-4-5-17-33-27(31)20-10-13-21(14-11-20)29-25(23-9-7-18-32-23)22-15-12-19-8-6-16-28-24(19)26(22)30/h6-16,18,25,29-30H,2-5,17H2,1H3. The van der Waals surface area contributed by atoms with Crippen LogP contribution in [0.3, 0.4) is 0 Å². The zero-order valence-corrected chi connectivity index (χ0v) is 18.7. The number of hydrogen-bond donors (Lipinski definition) is 2. The molecule has 0 bridgehead atoms. The van der Waals surface area contributed by atoms with E-state index in [1.165, 1.54) is 0 Å². The van der Waals surface area contributed by atoms with E-state index in [9.17, 15) is 9.90 Å². The monoisotopic (exact) mass is 444 g/mol. The number of ether oxygens (including phenoxy) is 1. The fraction of sp³-hybridized carbons (Fsp3) is 0.259. The number of carbonyl (C=O) groups is 1. The molecule has 33 heavy (non-hydrogen) atoms. The number of phenolic OH excluding ortho intramolecular Hbond substituents is 1. The predicted octanol–water partition coefficient (Wildman–Crippen LogP) is 6.47. The fourth-order valence-electron chi connectivity index (χ4n) is 3.78. The smallest absolute Gasteiger partial charge is 0.338 e. The van der Waals surface area contributed by atoms with E-state index < -0.39 is 6.04 Å². The molecule has 1 atom stereocenters. The van der Waals surface area contributed by atoms with Crippen molar-refractivity contribution >= 4 is 22.6 Å². The number of rotatable bonds is 10. The number of pyridine rings is 1. The van der Waals surface area contributed by atoms with Gasteiger partial charge in [-0.2, -0.15) is 0 Å². The van der Waals surface area contributed by atoms with Gasteiger partial charge in [0.15, 0.2) is 0 Å². The topological polar surface area (TPSA) is 84.6 Å². The second-order valence-corrected chi connectivity index (χ2v) is 7.95. The minimum Gasteiger partial charge on any atom is -0.505 e. The van der Waals surface area contributed by atoms with Gasteiger partial charge in [-0.05, 0) is 48.9 Å². The molecule has 0 saturated heterocycles. The van der Waals surface area contributed by atoms with Crippen molar-refractivity contribution in [2.24, 2.45) is 0 Å². The van der Waals surface area contributed by atoms with Crippen molar-refractivity contribution < 1.29 is 19.1 Å². The number of aromatic hydroxyl groups is 1. The van der Waals surface area contributed by atoms with E-state index in [1.54, 1.807) is 30.7 Å². The zero-order chi connectivity index (χ0) is 23.0. The molecular formula is C27H28N2O4. The molecule has 0 amide bonds. The maximum absolute atomic E-state index is 12.3. The van der Waals surface area contributed by atoms with E-state index >= 15 is 0 Å². The molecule has 0 aliphatic rings. The highest BCUT2D eigenvalue weighted by Crippen LogP contribution is 2.36. The number of carbonyl (C=O) groups excluding carboxylic acids is 1. The van der Waals surface area contributed by atoms with E-state index in [-0.39, 0.29) is 11.7 Å². The SMILES string of the molecule is CCCCCCOC(=O)c1ccc(NC(c2ccco2)c2ccc3cccnc3c2O)cc1. The van der Waals surface area contributed by atoms with E-state index in [0.29, 0.717) is 29.0 Å². The molecule has 0 radical (unpaired) electrons. The van der Waals surface area contributed by atoms with E-state index in [4.69, 9.17) is 9.15 Å². The van der Waals surface area contributed by atoms with Crippen molar-refractivity contribution in [1.29, 1.82) is 0 Å². The number of nitrogens with one attached hydrogen (secondary N) is 1. The Morgan fingerprint density at radius 3 is 2.67 bits per heavy atom.